The molecular weight excluding hydrogens is 356 g/mol. The maximum absolute atomic E-state index is 13.9. The number of halogens is 2. The van der Waals surface area contributed by atoms with E-state index < -0.39 is 50.2 Å². The SMILES string of the molecule is CCN1C[C@@]23CN(C(=O)c4cc(F)ncc4F)C[C@@H](C[C@@H]2S1(=O)=O)O3. The molecule has 0 unspecified atom stereocenters. The van der Waals surface area contributed by atoms with Gasteiger partial charge in [-0.25, -0.2) is 17.8 Å². The molecule has 136 valence electrons. The summed E-state index contributed by atoms with van der Waals surface area (Å²) >= 11 is 0. The summed E-state index contributed by atoms with van der Waals surface area (Å²) in [6.07, 6.45) is 0.541. The third-order valence-corrected chi connectivity index (χ3v) is 7.65. The van der Waals surface area contributed by atoms with Crippen LogP contribution in [0.15, 0.2) is 12.3 Å². The highest BCUT2D eigenvalue weighted by atomic mass is 32.2. The van der Waals surface area contributed by atoms with Gasteiger partial charge in [0.2, 0.25) is 16.0 Å². The van der Waals surface area contributed by atoms with Crippen molar-refractivity contribution >= 4 is 15.9 Å². The number of morpholine rings is 1. The van der Waals surface area contributed by atoms with E-state index in [0.29, 0.717) is 19.2 Å². The first-order valence-corrected chi connectivity index (χ1v) is 9.54. The number of pyridine rings is 1. The van der Waals surface area contributed by atoms with Crippen molar-refractivity contribution in [1.29, 1.82) is 0 Å². The number of amides is 1. The van der Waals surface area contributed by atoms with Gasteiger partial charge < -0.3 is 9.64 Å². The van der Waals surface area contributed by atoms with Crippen molar-refractivity contribution in [3.63, 3.8) is 0 Å². The normalized spacial score (nSPS) is 33.5. The molecule has 0 aliphatic carbocycles. The van der Waals surface area contributed by atoms with Crippen molar-refractivity contribution in [2.75, 3.05) is 26.2 Å². The quantitative estimate of drug-likeness (QED) is 0.700. The number of carbonyl (C=O) groups excluding carboxylic acids is 1. The fourth-order valence-corrected chi connectivity index (χ4v) is 6.46. The Bertz CT molecular complexity index is 849. The van der Waals surface area contributed by atoms with E-state index >= 15 is 0 Å². The fourth-order valence-electron chi connectivity index (χ4n) is 4.14. The van der Waals surface area contributed by atoms with Crippen LogP contribution in [0.2, 0.25) is 0 Å². The molecule has 10 heteroatoms. The predicted molar refractivity (Wildman–Crippen MR) is 82.2 cm³/mol. The van der Waals surface area contributed by atoms with Crippen LogP contribution in [-0.4, -0.2) is 71.6 Å². The van der Waals surface area contributed by atoms with E-state index in [4.69, 9.17) is 4.74 Å². The maximum Gasteiger partial charge on any atom is 0.257 e. The lowest BCUT2D eigenvalue weighted by Gasteiger charge is -2.39. The Morgan fingerprint density at radius 3 is 2.92 bits per heavy atom. The van der Waals surface area contributed by atoms with Gasteiger partial charge >= 0.3 is 0 Å². The number of rotatable bonds is 2. The number of fused-ring (bicyclic) bond motifs is 1. The summed E-state index contributed by atoms with van der Waals surface area (Å²) in [4.78, 5) is 17.2. The maximum atomic E-state index is 13.9. The third-order valence-electron chi connectivity index (χ3n) is 5.20. The van der Waals surface area contributed by atoms with E-state index in [1.807, 2.05) is 0 Å². The molecular formula is C15H17F2N3O4S. The standard InChI is InChI=1S/C15H17F2N3O4S/c1-2-20-8-15-7-19(6-9(24-15)3-12(15)25(20,22)23)14(21)10-4-13(17)18-5-11(10)16/h4-5,9,12H,2-3,6-8H2,1H3/t9-,12+,15+/m1/s1. The predicted octanol–water partition coefficient (Wildman–Crippen LogP) is 0.377. The van der Waals surface area contributed by atoms with Crippen LogP contribution in [0.5, 0.6) is 0 Å². The molecule has 3 aliphatic heterocycles. The molecule has 3 aliphatic rings. The summed E-state index contributed by atoms with van der Waals surface area (Å²) in [5.74, 6) is -2.54. The van der Waals surface area contributed by atoms with Crippen LogP contribution in [0.3, 0.4) is 0 Å². The van der Waals surface area contributed by atoms with Gasteiger partial charge in [-0.05, 0) is 6.42 Å². The minimum atomic E-state index is -3.48. The van der Waals surface area contributed by atoms with E-state index in [-0.39, 0.29) is 19.6 Å². The largest absolute Gasteiger partial charge is 0.365 e. The number of likely N-dealkylation sites (tertiary alicyclic amines) is 1. The number of nitrogens with zero attached hydrogens (tertiary/aromatic N) is 3. The van der Waals surface area contributed by atoms with Gasteiger partial charge in [-0.3, -0.25) is 4.79 Å². The molecule has 3 saturated heterocycles. The molecule has 3 atom stereocenters. The first-order chi connectivity index (χ1) is 11.8. The van der Waals surface area contributed by atoms with Crippen LogP contribution in [0.4, 0.5) is 8.78 Å². The third kappa shape index (κ3) is 2.38. The van der Waals surface area contributed by atoms with E-state index in [2.05, 4.69) is 4.98 Å². The Kier molecular flexibility index (Phi) is 3.64. The molecule has 4 heterocycles. The Morgan fingerprint density at radius 2 is 2.20 bits per heavy atom. The van der Waals surface area contributed by atoms with Crippen molar-refractivity contribution in [3.8, 4) is 0 Å². The molecule has 1 aromatic heterocycles. The Labute approximate surface area is 143 Å². The first kappa shape index (κ1) is 16.8. The monoisotopic (exact) mass is 373 g/mol. The van der Waals surface area contributed by atoms with Crippen LogP contribution in [0.25, 0.3) is 0 Å². The molecule has 7 nitrogen and oxygen atoms in total. The minimum absolute atomic E-state index is 0.0338. The number of sulfonamides is 1. The second kappa shape index (κ2) is 5.42. The fraction of sp³-hybridized carbons (Fsp3) is 0.600. The molecule has 1 spiro atoms. The number of ether oxygens (including phenoxy) is 1. The summed E-state index contributed by atoms with van der Waals surface area (Å²) < 4.78 is 59.7. The average molecular weight is 373 g/mol. The van der Waals surface area contributed by atoms with E-state index in [0.717, 1.165) is 6.07 Å². The minimum Gasteiger partial charge on any atom is -0.365 e. The smallest absolute Gasteiger partial charge is 0.257 e. The zero-order valence-electron chi connectivity index (χ0n) is 13.5. The molecule has 3 fully saturated rings. The molecule has 0 aromatic carbocycles. The van der Waals surface area contributed by atoms with E-state index in [1.54, 1.807) is 6.92 Å². The van der Waals surface area contributed by atoms with Gasteiger partial charge in [0.15, 0.2) is 5.82 Å². The molecule has 1 aromatic rings. The van der Waals surface area contributed by atoms with Crippen molar-refractivity contribution in [2.45, 2.75) is 30.3 Å². The summed E-state index contributed by atoms with van der Waals surface area (Å²) in [6.45, 7) is 2.43. The number of hydrogen-bond donors (Lipinski definition) is 0. The number of aromatic nitrogens is 1. The second-order valence-corrected chi connectivity index (χ2v) is 8.79. The summed E-state index contributed by atoms with van der Waals surface area (Å²) in [5.41, 5.74) is -1.41. The first-order valence-electron chi connectivity index (χ1n) is 8.04. The van der Waals surface area contributed by atoms with Gasteiger partial charge in [-0.15, -0.1) is 0 Å². The van der Waals surface area contributed by atoms with E-state index in [9.17, 15) is 22.0 Å². The van der Waals surface area contributed by atoms with Gasteiger partial charge in [-0.2, -0.15) is 8.70 Å². The molecule has 4 rings (SSSR count). The van der Waals surface area contributed by atoms with Crippen molar-refractivity contribution in [1.82, 2.24) is 14.2 Å². The zero-order valence-corrected chi connectivity index (χ0v) is 14.3. The van der Waals surface area contributed by atoms with Crippen LogP contribution in [0.1, 0.15) is 23.7 Å². The molecule has 0 saturated carbocycles. The summed E-state index contributed by atoms with van der Waals surface area (Å²) in [5, 5.41) is -0.707. The Morgan fingerprint density at radius 1 is 1.44 bits per heavy atom. The van der Waals surface area contributed by atoms with Crippen LogP contribution < -0.4 is 0 Å². The van der Waals surface area contributed by atoms with Gasteiger partial charge in [-0.1, -0.05) is 6.92 Å². The highest BCUT2D eigenvalue weighted by Crippen LogP contribution is 2.46. The van der Waals surface area contributed by atoms with Gasteiger partial charge in [0, 0.05) is 25.7 Å². The highest BCUT2D eigenvalue weighted by molar-refractivity contribution is 7.90. The van der Waals surface area contributed by atoms with Crippen molar-refractivity contribution < 1.29 is 26.7 Å². The second-order valence-electron chi connectivity index (χ2n) is 6.67. The summed E-state index contributed by atoms with van der Waals surface area (Å²) in [6, 6.07) is 0.758. The van der Waals surface area contributed by atoms with Crippen LogP contribution in [-0.2, 0) is 14.8 Å². The topological polar surface area (TPSA) is 79.8 Å². The van der Waals surface area contributed by atoms with Gasteiger partial charge in [0.05, 0.1) is 24.4 Å². The molecule has 0 radical (unpaired) electrons. The number of carbonyl (C=O) groups is 1. The van der Waals surface area contributed by atoms with Crippen molar-refractivity contribution in [3.05, 3.63) is 29.6 Å². The molecule has 25 heavy (non-hydrogen) atoms. The number of hydrogen-bond acceptors (Lipinski definition) is 5. The number of likely N-dealkylation sites (N-methyl/N-ethyl adjacent to an activating group) is 1. The Balaban J connectivity index is 1.66. The lowest BCUT2D eigenvalue weighted by molar-refractivity contribution is -0.0975. The lowest BCUT2D eigenvalue weighted by Crippen LogP contribution is -2.56. The zero-order chi connectivity index (χ0) is 18.0. The Hall–Kier alpha value is -1.65. The highest BCUT2D eigenvalue weighted by Gasteiger charge is 2.65. The van der Waals surface area contributed by atoms with Gasteiger partial charge in [0.25, 0.3) is 5.91 Å². The van der Waals surface area contributed by atoms with E-state index in [1.165, 1.54) is 9.21 Å². The summed E-state index contributed by atoms with van der Waals surface area (Å²) in [7, 11) is -3.48. The van der Waals surface area contributed by atoms with Crippen molar-refractivity contribution in [2.24, 2.45) is 0 Å². The molecule has 0 N–H and O–H groups in total. The molecule has 2 bridgehead atoms. The molecule has 1 amide bonds. The lowest BCUT2D eigenvalue weighted by atomic mass is 9.99. The van der Waals surface area contributed by atoms with Crippen LogP contribution in [0, 0.1) is 11.8 Å². The van der Waals surface area contributed by atoms with Crippen LogP contribution >= 0.6 is 0 Å². The van der Waals surface area contributed by atoms with Gasteiger partial charge in [0.1, 0.15) is 10.9 Å². The average Bonchev–Trinajstić information content (AvgIpc) is 2.94.